The van der Waals surface area contributed by atoms with Crippen LogP contribution in [0.1, 0.15) is 18.1 Å². The first kappa shape index (κ1) is 15.1. The maximum atomic E-state index is 7.65. The summed E-state index contributed by atoms with van der Waals surface area (Å²) in [6.45, 7) is 4.16. The number of pyridine rings is 1. The van der Waals surface area contributed by atoms with Gasteiger partial charge < -0.3 is 20.4 Å². The first-order valence-corrected chi connectivity index (χ1v) is 7.36. The van der Waals surface area contributed by atoms with Gasteiger partial charge in [0, 0.05) is 24.4 Å². The fourth-order valence-corrected chi connectivity index (χ4v) is 2.57. The molecule has 3 heterocycles. The lowest BCUT2D eigenvalue weighted by Gasteiger charge is -2.34. The second-order valence-corrected chi connectivity index (χ2v) is 5.29. The number of aromatic amines is 1. The molecule has 118 valence electrons. The molecule has 0 bridgehead atoms. The number of hydrogen-bond donors (Lipinski definition) is 3. The lowest BCUT2D eigenvalue weighted by molar-refractivity contribution is 0.0985. The highest BCUT2D eigenvalue weighted by atomic mass is 16.5. The van der Waals surface area contributed by atoms with Gasteiger partial charge >= 0.3 is 0 Å². The number of anilines is 3. The van der Waals surface area contributed by atoms with Crippen LogP contribution in [0, 0.1) is 17.8 Å². The molecule has 0 aliphatic carbocycles. The number of morpholine rings is 1. The van der Waals surface area contributed by atoms with E-state index in [2.05, 4.69) is 38.2 Å². The van der Waals surface area contributed by atoms with Gasteiger partial charge in [-0.05, 0) is 13.0 Å². The Morgan fingerprint density at radius 1 is 1.61 bits per heavy atom. The quantitative estimate of drug-likeness (QED) is 0.591. The lowest BCUT2D eigenvalue weighted by Crippen LogP contribution is -2.44. The van der Waals surface area contributed by atoms with Gasteiger partial charge in [0.15, 0.2) is 0 Å². The van der Waals surface area contributed by atoms with Gasteiger partial charge in [-0.2, -0.15) is 5.10 Å². The summed E-state index contributed by atoms with van der Waals surface area (Å²) in [5.41, 5.74) is 1.21. The Hall–Kier alpha value is -2.85. The van der Waals surface area contributed by atoms with Crippen LogP contribution < -0.4 is 10.2 Å². The largest absolute Gasteiger partial charge is 0.377 e. The van der Waals surface area contributed by atoms with E-state index in [1.165, 1.54) is 6.21 Å². The van der Waals surface area contributed by atoms with E-state index in [0.29, 0.717) is 36.0 Å². The van der Waals surface area contributed by atoms with Crippen LogP contribution in [0.15, 0.2) is 18.3 Å². The van der Waals surface area contributed by atoms with Gasteiger partial charge in [-0.1, -0.05) is 5.92 Å². The molecule has 0 unspecified atom stereocenters. The van der Waals surface area contributed by atoms with E-state index in [-0.39, 0.29) is 6.04 Å². The van der Waals surface area contributed by atoms with Gasteiger partial charge in [0.25, 0.3) is 0 Å². The second kappa shape index (κ2) is 6.50. The minimum atomic E-state index is 0.215. The summed E-state index contributed by atoms with van der Waals surface area (Å²) in [5, 5.41) is 17.5. The minimum absolute atomic E-state index is 0.215. The van der Waals surface area contributed by atoms with Gasteiger partial charge in [0.1, 0.15) is 17.5 Å². The maximum Gasteiger partial charge on any atom is 0.144 e. The Kier molecular flexibility index (Phi) is 4.26. The number of hydrogen-bond acceptors (Lipinski definition) is 6. The molecule has 23 heavy (non-hydrogen) atoms. The molecule has 1 fully saturated rings. The highest BCUT2D eigenvalue weighted by molar-refractivity contribution is 5.90. The summed E-state index contributed by atoms with van der Waals surface area (Å²) < 4.78 is 5.48. The summed E-state index contributed by atoms with van der Waals surface area (Å²) >= 11 is 0. The summed E-state index contributed by atoms with van der Waals surface area (Å²) in [6.07, 6.45) is 8.49. The van der Waals surface area contributed by atoms with Gasteiger partial charge in [-0.3, -0.25) is 5.10 Å². The molecule has 0 amide bonds. The second-order valence-electron chi connectivity index (χ2n) is 5.29. The maximum absolute atomic E-state index is 7.65. The standard InChI is InChI=1S/C16H18N6O/c1-3-12-8-15(22-6-7-23-10-11(22)2)20-16(13(12)9-17)19-14-4-5-18-21-14/h1,4-5,8-9,11,17H,6-7,10H2,2H3,(H2,18,19,20,21)/t11-/m1/s1. The molecule has 2 aromatic heterocycles. The van der Waals surface area contributed by atoms with Crippen molar-refractivity contribution in [2.45, 2.75) is 13.0 Å². The summed E-state index contributed by atoms with van der Waals surface area (Å²) in [6, 6.07) is 3.85. The molecule has 0 spiro atoms. The van der Waals surface area contributed by atoms with Crippen LogP contribution in [0.5, 0.6) is 0 Å². The van der Waals surface area contributed by atoms with Crippen molar-refractivity contribution in [3.05, 3.63) is 29.5 Å². The monoisotopic (exact) mass is 310 g/mol. The normalized spacial score (nSPS) is 17.6. The van der Waals surface area contributed by atoms with E-state index in [1.807, 2.05) is 6.07 Å². The Balaban J connectivity index is 2.04. The zero-order chi connectivity index (χ0) is 16.2. The number of aromatic nitrogens is 3. The smallest absolute Gasteiger partial charge is 0.144 e. The molecular weight excluding hydrogens is 292 g/mol. The first-order valence-electron chi connectivity index (χ1n) is 7.36. The summed E-state index contributed by atoms with van der Waals surface area (Å²) in [5.74, 6) is 4.65. The number of terminal acetylenes is 1. The van der Waals surface area contributed by atoms with Crippen LogP contribution in [-0.4, -0.2) is 47.2 Å². The van der Waals surface area contributed by atoms with E-state index in [0.717, 1.165) is 12.4 Å². The lowest BCUT2D eigenvalue weighted by atomic mass is 10.1. The topological polar surface area (TPSA) is 89.9 Å². The molecular formula is C16H18N6O. The number of rotatable bonds is 4. The van der Waals surface area contributed by atoms with Crippen molar-refractivity contribution in [1.82, 2.24) is 15.2 Å². The van der Waals surface area contributed by atoms with E-state index >= 15 is 0 Å². The van der Waals surface area contributed by atoms with Gasteiger partial charge in [-0.15, -0.1) is 6.42 Å². The third-order valence-corrected chi connectivity index (χ3v) is 3.76. The van der Waals surface area contributed by atoms with Crippen molar-refractivity contribution in [1.29, 1.82) is 5.41 Å². The van der Waals surface area contributed by atoms with Crippen molar-refractivity contribution in [3.63, 3.8) is 0 Å². The highest BCUT2D eigenvalue weighted by Gasteiger charge is 2.22. The molecule has 0 radical (unpaired) electrons. The fraction of sp³-hybridized carbons (Fsp3) is 0.312. The molecule has 2 aromatic rings. The molecule has 1 aliphatic heterocycles. The molecule has 3 N–H and O–H groups in total. The van der Waals surface area contributed by atoms with Gasteiger partial charge in [-0.25, -0.2) is 4.98 Å². The van der Waals surface area contributed by atoms with Crippen LogP contribution >= 0.6 is 0 Å². The van der Waals surface area contributed by atoms with E-state index in [9.17, 15) is 0 Å². The van der Waals surface area contributed by atoms with Crippen LogP contribution in [-0.2, 0) is 4.74 Å². The van der Waals surface area contributed by atoms with Gasteiger partial charge in [0.2, 0.25) is 0 Å². The molecule has 3 rings (SSSR count). The van der Waals surface area contributed by atoms with Crippen LogP contribution in [0.2, 0.25) is 0 Å². The third kappa shape index (κ3) is 3.03. The number of ether oxygens (including phenoxy) is 1. The molecule has 0 aromatic carbocycles. The Morgan fingerprint density at radius 2 is 2.48 bits per heavy atom. The summed E-state index contributed by atoms with van der Waals surface area (Å²) in [4.78, 5) is 6.83. The Morgan fingerprint density at radius 3 is 3.13 bits per heavy atom. The molecule has 1 aliphatic rings. The molecule has 7 heteroatoms. The van der Waals surface area contributed by atoms with Crippen LogP contribution in [0.4, 0.5) is 17.5 Å². The fourth-order valence-electron chi connectivity index (χ4n) is 2.57. The number of nitrogens with zero attached hydrogens (tertiary/aromatic N) is 3. The molecule has 0 saturated carbocycles. The third-order valence-electron chi connectivity index (χ3n) is 3.76. The van der Waals surface area contributed by atoms with Crippen LogP contribution in [0.25, 0.3) is 0 Å². The SMILES string of the molecule is C#Cc1cc(N2CCOC[C@H]2C)nc(Nc2ccn[nH]2)c1C=N. The zero-order valence-corrected chi connectivity index (χ0v) is 12.8. The average Bonchev–Trinajstić information content (AvgIpc) is 3.07. The minimum Gasteiger partial charge on any atom is -0.377 e. The predicted molar refractivity (Wildman–Crippen MR) is 89.6 cm³/mol. The zero-order valence-electron chi connectivity index (χ0n) is 12.8. The number of nitrogens with one attached hydrogen (secondary N) is 3. The highest BCUT2D eigenvalue weighted by Crippen LogP contribution is 2.26. The molecule has 1 saturated heterocycles. The van der Waals surface area contributed by atoms with E-state index < -0.39 is 0 Å². The van der Waals surface area contributed by atoms with Gasteiger partial charge in [0.05, 0.1) is 31.0 Å². The Labute approximate surface area is 134 Å². The van der Waals surface area contributed by atoms with Crippen LogP contribution in [0.3, 0.4) is 0 Å². The average molecular weight is 310 g/mol. The van der Waals surface area contributed by atoms with Crippen molar-refractivity contribution in [2.24, 2.45) is 0 Å². The van der Waals surface area contributed by atoms with Crippen molar-refractivity contribution >= 4 is 23.7 Å². The molecule has 7 nitrogen and oxygen atoms in total. The van der Waals surface area contributed by atoms with Crippen molar-refractivity contribution < 1.29 is 4.74 Å². The predicted octanol–water partition coefficient (Wildman–Crippen LogP) is 1.75. The first-order chi connectivity index (χ1) is 11.2. The number of H-pyrrole nitrogens is 1. The van der Waals surface area contributed by atoms with E-state index in [1.54, 1.807) is 12.3 Å². The van der Waals surface area contributed by atoms with E-state index in [4.69, 9.17) is 16.6 Å². The Bertz CT molecular complexity index is 734. The molecule has 1 atom stereocenters. The summed E-state index contributed by atoms with van der Waals surface area (Å²) in [7, 11) is 0. The van der Waals surface area contributed by atoms with Crippen molar-refractivity contribution in [3.8, 4) is 12.3 Å². The van der Waals surface area contributed by atoms with Crippen molar-refractivity contribution in [2.75, 3.05) is 30.0 Å².